The second kappa shape index (κ2) is 17.0. The lowest BCUT2D eigenvalue weighted by Crippen LogP contribution is -2.44. The van der Waals surface area contributed by atoms with Crippen LogP contribution in [0.15, 0.2) is 0 Å². The molecule has 0 saturated carbocycles. The van der Waals surface area contributed by atoms with Crippen LogP contribution in [0.3, 0.4) is 0 Å². The molecule has 1 N–H and O–H groups in total. The summed E-state index contributed by atoms with van der Waals surface area (Å²) in [5.41, 5.74) is 0.205. The van der Waals surface area contributed by atoms with E-state index in [-0.39, 0.29) is 5.54 Å². The molecule has 0 radical (unpaired) electrons. The van der Waals surface area contributed by atoms with Crippen molar-refractivity contribution >= 4 is 8.80 Å². The zero-order valence-corrected chi connectivity index (χ0v) is 20.3. The van der Waals surface area contributed by atoms with Gasteiger partial charge in [0.25, 0.3) is 0 Å². The molecule has 0 aromatic carbocycles. The Morgan fingerprint density at radius 2 is 1.11 bits per heavy atom. The van der Waals surface area contributed by atoms with Crippen LogP contribution in [-0.4, -0.2) is 42.2 Å². The van der Waals surface area contributed by atoms with Gasteiger partial charge in [0.05, 0.1) is 0 Å². The Morgan fingerprint density at radius 1 is 0.667 bits per heavy atom. The van der Waals surface area contributed by atoms with E-state index in [1.807, 2.05) is 0 Å². The van der Waals surface area contributed by atoms with E-state index in [4.69, 9.17) is 13.3 Å². The molecule has 5 heteroatoms. The van der Waals surface area contributed by atoms with E-state index >= 15 is 0 Å². The Balaban J connectivity index is 3.60. The maximum Gasteiger partial charge on any atom is 0.500 e. The molecular weight excluding hydrogens is 354 g/mol. The summed E-state index contributed by atoms with van der Waals surface area (Å²) < 4.78 is 16.4. The van der Waals surface area contributed by atoms with Gasteiger partial charge >= 0.3 is 8.80 Å². The van der Waals surface area contributed by atoms with Crippen molar-refractivity contribution in [1.29, 1.82) is 0 Å². The van der Waals surface area contributed by atoms with Gasteiger partial charge in [-0.1, -0.05) is 77.6 Å². The lowest BCUT2D eigenvalue weighted by Gasteiger charge is -2.28. The van der Waals surface area contributed by atoms with E-state index in [1.54, 1.807) is 21.3 Å². The molecule has 0 fully saturated rings. The molecule has 0 aromatic heterocycles. The van der Waals surface area contributed by atoms with Crippen LogP contribution in [-0.2, 0) is 13.3 Å². The van der Waals surface area contributed by atoms with E-state index in [0.717, 1.165) is 19.0 Å². The smallest absolute Gasteiger partial charge is 0.377 e. The molecule has 164 valence electrons. The van der Waals surface area contributed by atoms with Crippen molar-refractivity contribution in [2.75, 3.05) is 27.9 Å². The molecule has 0 aromatic rings. The molecule has 0 rings (SSSR count). The molecule has 0 aliphatic rings. The fraction of sp³-hybridized carbons (Fsp3) is 1.00. The lowest BCUT2D eigenvalue weighted by molar-refractivity contribution is 0.122. The van der Waals surface area contributed by atoms with E-state index < -0.39 is 8.80 Å². The Hall–Kier alpha value is 0.0569. The van der Waals surface area contributed by atoms with Gasteiger partial charge in [-0.05, 0) is 33.2 Å². The van der Waals surface area contributed by atoms with Gasteiger partial charge in [0, 0.05) is 32.9 Å². The van der Waals surface area contributed by atoms with Crippen molar-refractivity contribution < 1.29 is 13.3 Å². The van der Waals surface area contributed by atoms with Crippen molar-refractivity contribution in [2.24, 2.45) is 0 Å². The van der Waals surface area contributed by atoms with Gasteiger partial charge in [-0.25, -0.2) is 0 Å². The van der Waals surface area contributed by atoms with Crippen molar-refractivity contribution in [3.63, 3.8) is 0 Å². The van der Waals surface area contributed by atoms with Crippen LogP contribution in [0.4, 0.5) is 0 Å². The number of nitrogens with one attached hydrogen (secondary N) is 1. The molecular formula is C22H49NO3Si. The fourth-order valence-electron chi connectivity index (χ4n) is 3.61. The van der Waals surface area contributed by atoms with Crippen LogP contribution in [0.2, 0.25) is 6.04 Å². The van der Waals surface area contributed by atoms with E-state index in [0.29, 0.717) is 0 Å². The van der Waals surface area contributed by atoms with Crippen LogP contribution in [0.25, 0.3) is 0 Å². The van der Waals surface area contributed by atoms with Gasteiger partial charge in [-0.3, -0.25) is 0 Å². The largest absolute Gasteiger partial charge is 0.500 e. The minimum absolute atomic E-state index is 0.205. The summed E-state index contributed by atoms with van der Waals surface area (Å²) in [4.78, 5) is 0. The second-order valence-corrected chi connectivity index (χ2v) is 11.6. The van der Waals surface area contributed by atoms with Gasteiger partial charge in [0.2, 0.25) is 0 Å². The lowest BCUT2D eigenvalue weighted by atomic mass is 9.95. The summed E-state index contributed by atoms with van der Waals surface area (Å²) in [6.45, 7) is 7.90. The standard InChI is InChI=1S/C22H49NO3Si/c1-7-8-9-10-11-12-13-14-15-16-17-19-22(2,3)23-20-18-21-27(24-4,25-5)26-6/h23H,7-21H2,1-6H3. The molecule has 27 heavy (non-hydrogen) atoms. The maximum absolute atomic E-state index is 5.48. The molecule has 0 aliphatic heterocycles. The van der Waals surface area contributed by atoms with E-state index in [1.165, 1.54) is 77.0 Å². The van der Waals surface area contributed by atoms with E-state index in [9.17, 15) is 0 Å². The first kappa shape index (κ1) is 27.1. The van der Waals surface area contributed by atoms with Crippen LogP contribution in [0, 0.1) is 0 Å². The first-order valence-electron chi connectivity index (χ1n) is 11.4. The third kappa shape index (κ3) is 14.7. The highest BCUT2D eigenvalue weighted by Gasteiger charge is 2.36. The third-order valence-electron chi connectivity index (χ3n) is 5.60. The maximum atomic E-state index is 5.48. The highest BCUT2D eigenvalue weighted by molar-refractivity contribution is 6.60. The predicted molar refractivity (Wildman–Crippen MR) is 119 cm³/mol. The molecule has 0 spiro atoms. The molecule has 0 unspecified atom stereocenters. The van der Waals surface area contributed by atoms with Crippen molar-refractivity contribution in [2.45, 2.75) is 116 Å². The highest BCUT2D eigenvalue weighted by atomic mass is 28.4. The zero-order chi connectivity index (χ0) is 20.4. The normalized spacial score (nSPS) is 12.7. The predicted octanol–water partition coefficient (Wildman–Crippen LogP) is 6.32. The number of unbranched alkanes of at least 4 members (excludes halogenated alkanes) is 10. The minimum atomic E-state index is -2.41. The van der Waals surface area contributed by atoms with E-state index in [2.05, 4.69) is 26.1 Å². The molecule has 0 atom stereocenters. The van der Waals surface area contributed by atoms with Gasteiger partial charge in [-0.15, -0.1) is 0 Å². The second-order valence-electron chi connectivity index (χ2n) is 8.50. The van der Waals surface area contributed by atoms with Gasteiger partial charge in [0.1, 0.15) is 0 Å². The van der Waals surface area contributed by atoms with Crippen LogP contribution in [0.1, 0.15) is 104 Å². The SMILES string of the molecule is CCCCCCCCCCCCCC(C)(C)NCCC[Si](OC)(OC)OC. The first-order valence-corrected chi connectivity index (χ1v) is 13.3. The minimum Gasteiger partial charge on any atom is -0.377 e. The van der Waals surface area contributed by atoms with Crippen LogP contribution in [0.5, 0.6) is 0 Å². The summed E-state index contributed by atoms with van der Waals surface area (Å²) in [5.74, 6) is 0. The summed E-state index contributed by atoms with van der Waals surface area (Å²) >= 11 is 0. The highest BCUT2D eigenvalue weighted by Crippen LogP contribution is 2.18. The Bertz CT molecular complexity index is 314. The zero-order valence-electron chi connectivity index (χ0n) is 19.3. The molecule has 0 saturated heterocycles. The number of hydrogen-bond donors (Lipinski definition) is 1. The van der Waals surface area contributed by atoms with Gasteiger partial charge < -0.3 is 18.6 Å². The Kier molecular flexibility index (Phi) is 17.0. The number of hydrogen-bond acceptors (Lipinski definition) is 4. The molecule has 0 bridgehead atoms. The molecule has 0 aliphatic carbocycles. The average molecular weight is 404 g/mol. The quantitative estimate of drug-likeness (QED) is 0.191. The number of rotatable bonds is 20. The van der Waals surface area contributed by atoms with Crippen molar-refractivity contribution in [3.05, 3.63) is 0 Å². The van der Waals surface area contributed by atoms with Crippen molar-refractivity contribution in [3.8, 4) is 0 Å². The monoisotopic (exact) mass is 403 g/mol. The Labute approximate surface area is 171 Å². The topological polar surface area (TPSA) is 39.7 Å². The van der Waals surface area contributed by atoms with Gasteiger partial charge in [0.15, 0.2) is 0 Å². The summed E-state index contributed by atoms with van der Waals surface area (Å²) in [6, 6.07) is 0.859. The average Bonchev–Trinajstić information content (AvgIpc) is 2.67. The summed E-state index contributed by atoms with van der Waals surface area (Å²) in [5, 5.41) is 3.69. The molecule has 0 amide bonds. The first-order chi connectivity index (χ1) is 12.9. The van der Waals surface area contributed by atoms with Crippen LogP contribution < -0.4 is 5.32 Å². The summed E-state index contributed by atoms with van der Waals surface area (Å²) in [6.07, 6.45) is 17.7. The molecule has 4 nitrogen and oxygen atoms in total. The summed E-state index contributed by atoms with van der Waals surface area (Å²) in [7, 11) is 2.64. The fourth-order valence-corrected chi connectivity index (χ4v) is 5.33. The van der Waals surface area contributed by atoms with Crippen LogP contribution >= 0.6 is 0 Å². The third-order valence-corrected chi connectivity index (χ3v) is 8.43. The van der Waals surface area contributed by atoms with Crippen molar-refractivity contribution in [1.82, 2.24) is 5.32 Å². The molecule has 0 heterocycles. The Morgan fingerprint density at radius 3 is 1.56 bits per heavy atom. The van der Waals surface area contributed by atoms with Gasteiger partial charge in [-0.2, -0.15) is 0 Å².